The van der Waals surface area contributed by atoms with E-state index in [1.165, 1.54) is 0 Å². The molecule has 110 valence electrons. The summed E-state index contributed by atoms with van der Waals surface area (Å²) < 4.78 is 4.72. The first-order valence-corrected chi connectivity index (χ1v) is 8.02. The van der Waals surface area contributed by atoms with Gasteiger partial charge in [-0.2, -0.15) is 5.10 Å². The first-order valence-electron chi connectivity index (χ1n) is 6.41. The van der Waals surface area contributed by atoms with E-state index in [1.54, 1.807) is 0 Å². The molecule has 2 aromatic heterocycles. The van der Waals surface area contributed by atoms with Gasteiger partial charge in [0.1, 0.15) is 11.3 Å². The molecule has 21 heavy (non-hydrogen) atoms. The monoisotopic (exact) mass is 386 g/mol. The van der Waals surface area contributed by atoms with Gasteiger partial charge in [0.05, 0.1) is 16.8 Å². The third-order valence-electron chi connectivity index (χ3n) is 3.33. The van der Waals surface area contributed by atoms with Gasteiger partial charge in [0, 0.05) is 16.5 Å². The highest BCUT2D eigenvalue weighted by atomic mass is 79.9. The lowest BCUT2D eigenvalue weighted by molar-refractivity contribution is 0.747. The second kappa shape index (κ2) is 5.30. The lowest BCUT2D eigenvalue weighted by Gasteiger charge is -2.13. The normalized spacial score (nSPS) is 13.0. The van der Waals surface area contributed by atoms with Gasteiger partial charge < -0.3 is 0 Å². The van der Waals surface area contributed by atoms with Crippen LogP contribution in [0.1, 0.15) is 23.8 Å². The van der Waals surface area contributed by atoms with Crippen LogP contribution >= 0.6 is 39.1 Å². The molecule has 0 saturated carbocycles. The zero-order valence-corrected chi connectivity index (χ0v) is 14.8. The molecule has 0 saturated heterocycles. The molecule has 3 aromatic rings. The number of nitrogens with zero attached hydrogens (tertiary/aromatic N) is 4. The fourth-order valence-electron chi connectivity index (χ4n) is 2.46. The molecular formula is C14H13BrCl2N4. The van der Waals surface area contributed by atoms with Gasteiger partial charge in [0.15, 0.2) is 5.65 Å². The Hall–Kier alpha value is -1.04. The standard InChI is InChI=1S/C14H13BrCl2N4/c1-7(16)13-18-12-8(2)19-20(3)14(12)21(13)11-5-4-9(17)6-10(11)15/h4-7H,1-3H3. The molecule has 4 nitrogen and oxygen atoms in total. The molecule has 7 heteroatoms. The van der Waals surface area contributed by atoms with E-state index in [-0.39, 0.29) is 5.38 Å². The Balaban J connectivity index is 2.41. The van der Waals surface area contributed by atoms with Crippen molar-refractivity contribution in [3.8, 4) is 5.69 Å². The summed E-state index contributed by atoms with van der Waals surface area (Å²) in [5, 5.41) is 4.88. The molecule has 0 spiro atoms. The van der Waals surface area contributed by atoms with E-state index in [0.29, 0.717) is 5.02 Å². The lowest BCUT2D eigenvalue weighted by atomic mass is 10.3. The molecule has 0 bridgehead atoms. The molecule has 0 fully saturated rings. The van der Waals surface area contributed by atoms with Gasteiger partial charge in [-0.1, -0.05) is 11.6 Å². The van der Waals surface area contributed by atoms with Crippen LogP contribution in [0.2, 0.25) is 5.02 Å². The predicted molar refractivity (Wildman–Crippen MR) is 89.6 cm³/mol. The average Bonchev–Trinajstić information content (AvgIpc) is 2.90. The van der Waals surface area contributed by atoms with E-state index in [1.807, 2.05) is 48.3 Å². The van der Waals surface area contributed by atoms with Crippen molar-refractivity contribution in [1.29, 1.82) is 0 Å². The third kappa shape index (κ3) is 2.37. The van der Waals surface area contributed by atoms with Crippen molar-refractivity contribution in [2.24, 2.45) is 7.05 Å². The van der Waals surface area contributed by atoms with E-state index in [9.17, 15) is 0 Å². The van der Waals surface area contributed by atoms with Crippen molar-refractivity contribution in [2.75, 3.05) is 0 Å². The molecule has 0 N–H and O–H groups in total. The second-order valence-corrected chi connectivity index (χ2v) is 6.84. The molecule has 0 amide bonds. The van der Waals surface area contributed by atoms with Crippen LogP contribution in [0.25, 0.3) is 16.9 Å². The quantitative estimate of drug-likeness (QED) is 0.593. The molecule has 0 aliphatic heterocycles. The van der Waals surface area contributed by atoms with Gasteiger partial charge in [-0.05, 0) is 48.0 Å². The summed E-state index contributed by atoms with van der Waals surface area (Å²) in [4.78, 5) is 4.67. The van der Waals surface area contributed by atoms with Crippen molar-refractivity contribution < 1.29 is 0 Å². The van der Waals surface area contributed by atoms with Crippen molar-refractivity contribution >= 4 is 50.3 Å². The van der Waals surface area contributed by atoms with Gasteiger partial charge in [-0.15, -0.1) is 11.6 Å². The van der Waals surface area contributed by atoms with Gasteiger partial charge >= 0.3 is 0 Å². The molecular weight excluding hydrogens is 375 g/mol. The molecule has 1 aromatic carbocycles. The van der Waals surface area contributed by atoms with Gasteiger partial charge in [-0.25, -0.2) is 9.67 Å². The Bertz CT molecular complexity index is 835. The van der Waals surface area contributed by atoms with Crippen LogP contribution in [-0.4, -0.2) is 19.3 Å². The SMILES string of the molecule is Cc1nn(C)c2c1nc(C(C)Cl)n2-c1ccc(Cl)cc1Br. The minimum atomic E-state index is -0.223. The van der Waals surface area contributed by atoms with Crippen molar-refractivity contribution in [3.63, 3.8) is 0 Å². The summed E-state index contributed by atoms with van der Waals surface area (Å²) in [5.41, 5.74) is 3.60. The first kappa shape index (κ1) is 14.9. The lowest BCUT2D eigenvalue weighted by Crippen LogP contribution is -2.06. The van der Waals surface area contributed by atoms with Crippen LogP contribution in [-0.2, 0) is 7.05 Å². The summed E-state index contributed by atoms with van der Waals surface area (Å²) in [5.74, 6) is 0.783. The minimum Gasteiger partial charge on any atom is -0.279 e. The van der Waals surface area contributed by atoms with Crippen LogP contribution in [0.3, 0.4) is 0 Å². The fraction of sp³-hybridized carbons (Fsp3) is 0.286. The van der Waals surface area contributed by atoms with E-state index < -0.39 is 0 Å². The molecule has 0 radical (unpaired) electrons. The fourth-order valence-corrected chi connectivity index (χ4v) is 3.46. The maximum atomic E-state index is 6.32. The van der Waals surface area contributed by atoms with Crippen LogP contribution in [0, 0.1) is 6.92 Å². The number of rotatable bonds is 2. The Morgan fingerprint density at radius 1 is 1.33 bits per heavy atom. The number of imidazole rings is 1. The zero-order chi connectivity index (χ0) is 15.3. The van der Waals surface area contributed by atoms with Crippen molar-refractivity contribution in [2.45, 2.75) is 19.2 Å². The summed E-state index contributed by atoms with van der Waals surface area (Å²) in [6.45, 7) is 3.85. The molecule has 1 unspecified atom stereocenters. The summed E-state index contributed by atoms with van der Waals surface area (Å²) in [6.07, 6.45) is 0. The van der Waals surface area contributed by atoms with E-state index in [4.69, 9.17) is 23.2 Å². The maximum Gasteiger partial charge on any atom is 0.163 e. The number of benzene rings is 1. The highest BCUT2D eigenvalue weighted by Crippen LogP contribution is 2.33. The third-order valence-corrected chi connectivity index (χ3v) is 4.40. The first-order chi connectivity index (χ1) is 9.90. The average molecular weight is 388 g/mol. The Morgan fingerprint density at radius 3 is 2.67 bits per heavy atom. The molecule has 0 aliphatic rings. The van der Waals surface area contributed by atoms with Crippen LogP contribution in [0.4, 0.5) is 0 Å². The minimum absolute atomic E-state index is 0.223. The van der Waals surface area contributed by atoms with Crippen molar-refractivity contribution in [3.05, 3.63) is 39.2 Å². The Morgan fingerprint density at radius 2 is 2.05 bits per heavy atom. The zero-order valence-electron chi connectivity index (χ0n) is 11.7. The number of aromatic nitrogens is 4. The Labute approximate surface area is 140 Å². The highest BCUT2D eigenvalue weighted by molar-refractivity contribution is 9.10. The van der Waals surface area contributed by atoms with Gasteiger partial charge in [0.2, 0.25) is 0 Å². The largest absolute Gasteiger partial charge is 0.279 e. The van der Waals surface area contributed by atoms with Gasteiger partial charge in [0.25, 0.3) is 0 Å². The number of aryl methyl sites for hydroxylation is 2. The van der Waals surface area contributed by atoms with Gasteiger partial charge in [-0.3, -0.25) is 4.57 Å². The smallest absolute Gasteiger partial charge is 0.163 e. The summed E-state index contributed by atoms with van der Waals surface area (Å²) in [7, 11) is 1.90. The molecule has 2 heterocycles. The van der Waals surface area contributed by atoms with E-state index in [2.05, 4.69) is 26.0 Å². The van der Waals surface area contributed by atoms with Crippen molar-refractivity contribution in [1.82, 2.24) is 19.3 Å². The van der Waals surface area contributed by atoms with E-state index >= 15 is 0 Å². The van der Waals surface area contributed by atoms with Crippen LogP contribution in [0.5, 0.6) is 0 Å². The predicted octanol–water partition coefficient (Wildman–Crippen LogP) is 4.78. The topological polar surface area (TPSA) is 35.6 Å². The number of hydrogen-bond donors (Lipinski definition) is 0. The highest BCUT2D eigenvalue weighted by Gasteiger charge is 2.22. The number of hydrogen-bond acceptors (Lipinski definition) is 2. The number of fused-ring (bicyclic) bond motifs is 1. The number of alkyl halides is 1. The van der Waals surface area contributed by atoms with Crippen LogP contribution in [0.15, 0.2) is 22.7 Å². The maximum absolute atomic E-state index is 6.32. The summed E-state index contributed by atoms with van der Waals surface area (Å²) >= 11 is 15.9. The van der Waals surface area contributed by atoms with E-state index in [0.717, 1.165) is 32.8 Å². The second-order valence-electron chi connectivity index (χ2n) is 4.90. The van der Waals surface area contributed by atoms with Crippen LogP contribution < -0.4 is 0 Å². The molecule has 3 rings (SSSR count). The molecule has 0 aliphatic carbocycles. The summed E-state index contributed by atoms with van der Waals surface area (Å²) in [6, 6.07) is 5.65. The Kier molecular flexibility index (Phi) is 3.76. The number of halogens is 3. The molecule has 1 atom stereocenters.